The molecule has 2 N–H and O–H groups in total. The first-order valence-corrected chi connectivity index (χ1v) is 13.4. The van der Waals surface area contributed by atoms with Gasteiger partial charge >= 0.3 is 5.69 Å². The molecule has 3 unspecified atom stereocenters. The first-order valence-electron chi connectivity index (χ1n) is 13.4. The van der Waals surface area contributed by atoms with Gasteiger partial charge in [-0.05, 0) is 69.5 Å². The van der Waals surface area contributed by atoms with Gasteiger partial charge in [-0.2, -0.15) is 14.3 Å². The summed E-state index contributed by atoms with van der Waals surface area (Å²) in [5.74, 6) is -1.19. The molecule has 1 aromatic carbocycles. The Morgan fingerprint density at radius 1 is 1.23 bits per heavy atom. The number of hydrogen-bond donors (Lipinski definition) is 2. The molecule has 40 heavy (non-hydrogen) atoms. The van der Waals surface area contributed by atoms with Gasteiger partial charge in [-0.1, -0.05) is 0 Å². The number of anilines is 3. The van der Waals surface area contributed by atoms with Gasteiger partial charge < -0.3 is 20.1 Å². The molecule has 14 heteroatoms. The van der Waals surface area contributed by atoms with Crippen LogP contribution in [-0.2, 0) is 11.8 Å². The number of methoxy groups -OCH3 is 1. The average molecular weight is 560 g/mol. The van der Waals surface area contributed by atoms with Crippen molar-refractivity contribution in [2.45, 2.75) is 70.2 Å². The number of nitrogens with one attached hydrogen (secondary N) is 2. The van der Waals surface area contributed by atoms with E-state index in [0.29, 0.717) is 6.04 Å². The van der Waals surface area contributed by atoms with Crippen LogP contribution in [0, 0.1) is 11.6 Å². The minimum Gasteiger partial charge on any atom is -0.489 e. The number of halogens is 2. The summed E-state index contributed by atoms with van der Waals surface area (Å²) in [6, 6.07) is 2.95. The summed E-state index contributed by atoms with van der Waals surface area (Å²) < 4.78 is 43.0. The molecule has 3 atom stereocenters. The van der Waals surface area contributed by atoms with Crippen LogP contribution < -0.4 is 21.1 Å². The van der Waals surface area contributed by atoms with E-state index in [-0.39, 0.29) is 53.2 Å². The van der Waals surface area contributed by atoms with E-state index in [4.69, 9.17) is 9.47 Å². The zero-order valence-electron chi connectivity index (χ0n) is 23.3. The minimum atomic E-state index is -0.696. The summed E-state index contributed by atoms with van der Waals surface area (Å²) in [6.07, 6.45) is 4.79. The Labute approximate surface area is 230 Å². The lowest BCUT2D eigenvalue weighted by Gasteiger charge is -2.47. The number of piperidine rings is 1. The number of benzene rings is 1. The molecule has 2 fully saturated rings. The molecule has 2 aromatic heterocycles. The fourth-order valence-corrected chi connectivity index (χ4v) is 5.62. The summed E-state index contributed by atoms with van der Waals surface area (Å²) in [5, 5.41) is 13.7. The van der Waals surface area contributed by atoms with Crippen LogP contribution in [0.25, 0.3) is 5.69 Å². The molecule has 0 aliphatic carbocycles. The molecule has 5 rings (SSSR count). The molecule has 0 radical (unpaired) electrons. The number of tetrazole rings is 1. The predicted molar refractivity (Wildman–Crippen MR) is 144 cm³/mol. The van der Waals surface area contributed by atoms with Crippen LogP contribution in [0.2, 0.25) is 0 Å². The number of fused-ring (bicyclic) bond motifs is 1. The van der Waals surface area contributed by atoms with Gasteiger partial charge in [-0.3, -0.25) is 4.90 Å². The lowest BCUT2D eigenvalue weighted by Crippen LogP contribution is -2.55. The van der Waals surface area contributed by atoms with Crippen LogP contribution >= 0.6 is 0 Å². The second-order valence-corrected chi connectivity index (χ2v) is 11.1. The van der Waals surface area contributed by atoms with E-state index in [1.165, 1.54) is 26.6 Å². The molecule has 0 bridgehead atoms. The van der Waals surface area contributed by atoms with Crippen molar-refractivity contribution in [2.24, 2.45) is 7.05 Å². The second kappa shape index (κ2) is 11.1. The summed E-state index contributed by atoms with van der Waals surface area (Å²) in [5.41, 5.74) is -0.471. The Morgan fingerprint density at radius 2 is 2.02 bits per heavy atom. The van der Waals surface area contributed by atoms with Crippen LogP contribution in [0.15, 0.2) is 23.1 Å². The molecule has 4 heterocycles. The van der Waals surface area contributed by atoms with E-state index >= 15 is 4.39 Å². The van der Waals surface area contributed by atoms with Gasteiger partial charge in [0.2, 0.25) is 5.95 Å². The number of hydrogen-bond acceptors (Lipinski definition) is 10. The Balaban J connectivity index is 1.41. The third-order valence-electron chi connectivity index (χ3n) is 7.66. The quantitative estimate of drug-likeness (QED) is 0.404. The van der Waals surface area contributed by atoms with Crippen molar-refractivity contribution < 1.29 is 18.3 Å². The number of nitrogens with zero attached hydrogens (tertiary/aromatic N) is 7. The third-order valence-corrected chi connectivity index (χ3v) is 7.66. The average Bonchev–Trinajstić information content (AvgIpc) is 3.52. The Morgan fingerprint density at radius 3 is 2.75 bits per heavy atom. The van der Waals surface area contributed by atoms with Crippen LogP contribution in [0.3, 0.4) is 0 Å². The molecule has 0 spiro atoms. The molecule has 3 aromatic rings. The van der Waals surface area contributed by atoms with E-state index in [0.717, 1.165) is 47.4 Å². The minimum absolute atomic E-state index is 0.00945. The van der Waals surface area contributed by atoms with Gasteiger partial charge in [0.05, 0.1) is 18.0 Å². The van der Waals surface area contributed by atoms with Gasteiger partial charge in [0.1, 0.15) is 18.0 Å². The lowest BCUT2D eigenvalue weighted by molar-refractivity contribution is 0.0500. The third kappa shape index (κ3) is 5.63. The zero-order valence-corrected chi connectivity index (χ0v) is 23.3. The molecule has 0 saturated carbocycles. The Bertz CT molecular complexity index is 1430. The molecular formula is C26H35F2N9O3. The molecule has 0 amide bonds. The fraction of sp³-hybridized carbons (Fsp3) is 0.577. The van der Waals surface area contributed by atoms with E-state index < -0.39 is 17.3 Å². The highest BCUT2D eigenvalue weighted by molar-refractivity contribution is 5.63. The summed E-state index contributed by atoms with van der Waals surface area (Å²) in [7, 11) is 2.97. The maximum atomic E-state index is 15.3. The van der Waals surface area contributed by atoms with Crippen molar-refractivity contribution in [3.63, 3.8) is 0 Å². The molecular weight excluding hydrogens is 524 g/mol. The first kappa shape index (κ1) is 27.9. The van der Waals surface area contributed by atoms with Crippen molar-refractivity contribution in [1.29, 1.82) is 0 Å². The SMILES string of the molecule is COC(C)COc1cc(F)c(Nc2ncc(F)c(NC3CC4CCCN4C(C)(C)C3)n2)cc1-n1nnn(C)c1=O. The van der Waals surface area contributed by atoms with E-state index in [2.05, 4.69) is 49.8 Å². The molecule has 2 aliphatic rings. The van der Waals surface area contributed by atoms with Crippen molar-refractivity contribution in [3.05, 3.63) is 40.4 Å². The summed E-state index contributed by atoms with van der Waals surface area (Å²) in [4.78, 5) is 23.5. The van der Waals surface area contributed by atoms with E-state index in [9.17, 15) is 9.18 Å². The zero-order chi connectivity index (χ0) is 28.6. The Hall–Kier alpha value is -3.65. The maximum absolute atomic E-state index is 15.3. The summed E-state index contributed by atoms with van der Waals surface area (Å²) in [6.45, 7) is 7.42. The standard InChI is InChI=1S/C26H35F2N9O3/c1-15(39-5)14-40-22-10-18(27)20(11-21(22)37-25(38)35(4)33-34-37)31-24-29-13-19(28)23(32-24)30-16-9-17-7-6-8-36(17)26(2,3)12-16/h10-11,13,15-17H,6-9,12,14H2,1-5H3,(H2,29,30,31,32). The monoisotopic (exact) mass is 559 g/mol. The van der Waals surface area contributed by atoms with Gasteiger partial charge in [-0.25, -0.2) is 18.6 Å². The molecule has 12 nitrogen and oxygen atoms in total. The molecule has 2 saturated heterocycles. The highest BCUT2D eigenvalue weighted by atomic mass is 19.1. The predicted octanol–water partition coefficient (Wildman–Crippen LogP) is 3.01. The number of aromatic nitrogens is 6. The van der Waals surface area contributed by atoms with Gasteiger partial charge in [0, 0.05) is 37.8 Å². The second-order valence-electron chi connectivity index (χ2n) is 11.1. The van der Waals surface area contributed by atoms with Gasteiger partial charge in [0.15, 0.2) is 17.5 Å². The van der Waals surface area contributed by atoms with Gasteiger partial charge in [0.25, 0.3) is 0 Å². The smallest absolute Gasteiger partial charge is 0.368 e. The van der Waals surface area contributed by atoms with Crippen molar-refractivity contribution in [1.82, 2.24) is 34.7 Å². The summed E-state index contributed by atoms with van der Waals surface area (Å²) >= 11 is 0. The normalized spacial score (nSPS) is 21.2. The topological polar surface area (TPSA) is 124 Å². The maximum Gasteiger partial charge on any atom is 0.368 e. The lowest BCUT2D eigenvalue weighted by atomic mass is 9.84. The Kier molecular flexibility index (Phi) is 7.73. The van der Waals surface area contributed by atoms with Crippen molar-refractivity contribution in [2.75, 3.05) is 30.9 Å². The van der Waals surface area contributed by atoms with E-state index in [1.54, 1.807) is 6.92 Å². The van der Waals surface area contributed by atoms with Crippen molar-refractivity contribution in [3.8, 4) is 11.4 Å². The largest absolute Gasteiger partial charge is 0.489 e. The van der Waals surface area contributed by atoms with Crippen molar-refractivity contribution >= 4 is 17.5 Å². The van der Waals surface area contributed by atoms with Crippen LogP contribution in [0.4, 0.5) is 26.2 Å². The number of ether oxygens (including phenoxy) is 2. The van der Waals surface area contributed by atoms with E-state index in [1.807, 2.05) is 0 Å². The number of rotatable bonds is 9. The number of aryl methyl sites for hydroxylation is 1. The fourth-order valence-electron chi connectivity index (χ4n) is 5.62. The highest BCUT2D eigenvalue weighted by Gasteiger charge is 2.43. The molecule has 216 valence electrons. The van der Waals surface area contributed by atoms with Crippen LogP contribution in [0.5, 0.6) is 5.75 Å². The van der Waals surface area contributed by atoms with Crippen LogP contribution in [0.1, 0.15) is 46.5 Å². The first-order chi connectivity index (χ1) is 19.1. The highest BCUT2D eigenvalue weighted by Crippen LogP contribution is 2.38. The van der Waals surface area contributed by atoms with Crippen LogP contribution in [-0.4, -0.2) is 78.6 Å². The molecule has 2 aliphatic heterocycles. The van der Waals surface area contributed by atoms with Gasteiger partial charge in [-0.15, -0.1) is 0 Å².